The van der Waals surface area contributed by atoms with Gasteiger partial charge in [0.2, 0.25) is 0 Å². The van der Waals surface area contributed by atoms with Crippen molar-refractivity contribution in [1.29, 1.82) is 0 Å². The molecule has 3 heteroatoms. The van der Waals surface area contributed by atoms with Crippen LogP contribution in [0.5, 0.6) is 5.75 Å². The van der Waals surface area contributed by atoms with Gasteiger partial charge in [0.1, 0.15) is 5.75 Å². The SMILES string of the molecule is COc1ccc(C2CNCC(C)(C)N2)cc1. The van der Waals surface area contributed by atoms with Crippen LogP contribution in [0.15, 0.2) is 24.3 Å². The van der Waals surface area contributed by atoms with Crippen molar-refractivity contribution >= 4 is 0 Å². The van der Waals surface area contributed by atoms with Crippen molar-refractivity contribution in [2.45, 2.75) is 25.4 Å². The van der Waals surface area contributed by atoms with Gasteiger partial charge < -0.3 is 15.4 Å². The molecule has 1 aliphatic heterocycles. The smallest absolute Gasteiger partial charge is 0.118 e. The largest absolute Gasteiger partial charge is 0.497 e. The van der Waals surface area contributed by atoms with Crippen LogP contribution in [-0.2, 0) is 0 Å². The van der Waals surface area contributed by atoms with E-state index in [2.05, 4.69) is 36.6 Å². The monoisotopic (exact) mass is 220 g/mol. The van der Waals surface area contributed by atoms with Crippen LogP contribution in [0.2, 0.25) is 0 Å². The molecule has 88 valence electrons. The minimum absolute atomic E-state index is 0.156. The first kappa shape index (κ1) is 11.4. The molecule has 1 unspecified atom stereocenters. The van der Waals surface area contributed by atoms with E-state index in [4.69, 9.17) is 4.74 Å². The lowest BCUT2D eigenvalue weighted by Gasteiger charge is -2.38. The Balaban J connectivity index is 2.11. The maximum absolute atomic E-state index is 5.16. The fourth-order valence-corrected chi connectivity index (χ4v) is 2.14. The Morgan fingerprint density at radius 2 is 1.94 bits per heavy atom. The van der Waals surface area contributed by atoms with Crippen LogP contribution in [0, 0.1) is 0 Å². The first-order valence-corrected chi connectivity index (χ1v) is 5.73. The zero-order valence-corrected chi connectivity index (χ0v) is 10.2. The molecule has 1 aliphatic rings. The van der Waals surface area contributed by atoms with E-state index in [0.29, 0.717) is 6.04 Å². The number of nitrogens with one attached hydrogen (secondary N) is 2. The summed E-state index contributed by atoms with van der Waals surface area (Å²) in [5, 5.41) is 7.10. The van der Waals surface area contributed by atoms with Crippen molar-refractivity contribution < 1.29 is 4.74 Å². The summed E-state index contributed by atoms with van der Waals surface area (Å²) in [6.07, 6.45) is 0. The summed E-state index contributed by atoms with van der Waals surface area (Å²) in [4.78, 5) is 0. The maximum Gasteiger partial charge on any atom is 0.118 e. The molecule has 0 saturated carbocycles. The second kappa shape index (κ2) is 4.44. The van der Waals surface area contributed by atoms with Crippen molar-refractivity contribution in [2.75, 3.05) is 20.2 Å². The summed E-state index contributed by atoms with van der Waals surface area (Å²) in [7, 11) is 1.69. The number of hydrogen-bond acceptors (Lipinski definition) is 3. The molecular weight excluding hydrogens is 200 g/mol. The summed E-state index contributed by atoms with van der Waals surface area (Å²) in [5.41, 5.74) is 1.46. The molecule has 0 aromatic heterocycles. The molecule has 1 heterocycles. The van der Waals surface area contributed by atoms with Crippen molar-refractivity contribution in [2.24, 2.45) is 0 Å². The van der Waals surface area contributed by atoms with Gasteiger partial charge in [-0.15, -0.1) is 0 Å². The Labute approximate surface area is 97.2 Å². The molecule has 2 rings (SSSR count). The summed E-state index contributed by atoms with van der Waals surface area (Å²) in [6.45, 7) is 6.43. The van der Waals surface area contributed by atoms with E-state index in [-0.39, 0.29) is 5.54 Å². The number of methoxy groups -OCH3 is 1. The zero-order valence-electron chi connectivity index (χ0n) is 10.2. The first-order chi connectivity index (χ1) is 7.61. The van der Waals surface area contributed by atoms with Gasteiger partial charge in [0.05, 0.1) is 7.11 Å². The van der Waals surface area contributed by atoms with E-state index in [1.807, 2.05) is 12.1 Å². The molecule has 0 radical (unpaired) electrons. The Kier molecular flexibility index (Phi) is 3.17. The van der Waals surface area contributed by atoms with E-state index in [1.165, 1.54) is 5.56 Å². The van der Waals surface area contributed by atoms with Gasteiger partial charge in [-0.25, -0.2) is 0 Å². The van der Waals surface area contributed by atoms with E-state index >= 15 is 0 Å². The van der Waals surface area contributed by atoms with Gasteiger partial charge in [0.15, 0.2) is 0 Å². The minimum atomic E-state index is 0.156. The number of rotatable bonds is 2. The number of ether oxygens (including phenoxy) is 1. The molecule has 16 heavy (non-hydrogen) atoms. The van der Waals surface area contributed by atoms with Crippen molar-refractivity contribution in [1.82, 2.24) is 10.6 Å². The molecule has 3 nitrogen and oxygen atoms in total. The normalized spacial score (nSPS) is 24.1. The van der Waals surface area contributed by atoms with E-state index < -0.39 is 0 Å². The Morgan fingerprint density at radius 3 is 2.50 bits per heavy atom. The summed E-state index contributed by atoms with van der Waals surface area (Å²) < 4.78 is 5.16. The van der Waals surface area contributed by atoms with Crippen LogP contribution < -0.4 is 15.4 Å². The number of piperazine rings is 1. The van der Waals surface area contributed by atoms with Crippen molar-refractivity contribution in [3.05, 3.63) is 29.8 Å². The summed E-state index contributed by atoms with van der Waals surface area (Å²) in [6, 6.07) is 8.66. The van der Waals surface area contributed by atoms with Gasteiger partial charge in [0.25, 0.3) is 0 Å². The third-order valence-corrected chi connectivity index (χ3v) is 3.00. The van der Waals surface area contributed by atoms with E-state index in [0.717, 1.165) is 18.8 Å². The third-order valence-electron chi connectivity index (χ3n) is 3.00. The van der Waals surface area contributed by atoms with Crippen LogP contribution in [0.4, 0.5) is 0 Å². The Bertz CT molecular complexity index is 345. The molecule has 1 saturated heterocycles. The van der Waals surface area contributed by atoms with Crippen LogP contribution in [-0.4, -0.2) is 25.7 Å². The lowest BCUT2D eigenvalue weighted by molar-refractivity contribution is 0.264. The Morgan fingerprint density at radius 1 is 1.25 bits per heavy atom. The predicted molar refractivity (Wildman–Crippen MR) is 65.8 cm³/mol. The molecule has 1 fully saturated rings. The maximum atomic E-state index is 5.16. The van der Waals surface area contributed by atoms with Gasteiger partial charge in [-0.3, -0.25) is 0 Å². The first-order valence-electron chi connectivity index (χ1n) is 5.73. The fraction of sp³-hybridized carbons (Fsp3) is 0.538. The summed E-state index contributed by atoms with van der Waals surface area (Å²) in [5.74, 6) is 0.909. The van der Waals surface area contributed by atoms with Gasteiger partial charge in [-0.1, -0.05) is 12.1 Å². The minimum Gasteiger partial charge on any atom is -0.497 e. The van der Waals surface area contributed by atoms with Crippen LogP contribution in [0.25, 0.3) is 0 Å². The standard InChI is InChI=1S/C13H20N2O/c1-13(2)9-14-8-12(15-13)10-4-6-11(16-3)7-5-10/h4-7,12,14-15H,8-9H2,1-3H3. The second-order valence-corrected chi connectivity index (χ2v) is 4.98. The molecule has 2 N–H and O–H groups in total. The average molecular weight is 220 g/mol. The highest BCUT2D eigenvalue weighted by Gasteiger charge is 2.27. The topological polar surface area (TPSA) is 33.3 Å². The zero-order chi connectivity index (χ0) is 11.6. The second-order valence-electron chi connectivity index (χ2n) is 4.98. The van der Waals surface area contributed by atoms with Gasteiger partial charge in [-0.05, 0) is 31.5 Å². The quantitative estimate of drug-likeness (QED) is 0.796. The molecule has 1 aromatic rings. The van der Waals surface area contributed by atoms with Gasteiger partial charge >= 0.3 is 0 Å². The predicted octanol–water partition coefficient (Wildman–Crippen LogP) is 1.71. The summed E-state index contributed by atoms with van der Waals surface area (Å²) >= 11 is 0. The van der Waals surface area contributed by atoms with E-state index in [1.54, 1.807) is 7.11 Å². The highest BCUT2D eigenvalue weighted by molar-refractivity contribution is 5.29. The number of benzene rings is 1. The van der Waals surface area contributed by atoms with Gasteiger partial charge in [0, 0.05) is 24.7 Å². The van der Waals surface area contributed by atoms with E-state index in [9.17, 15) is 0 Å². The fourth-order valence-electron chi connectivity index (χ4n) is 2.14. The third kappa shape index (κ3) is 2.54. The number of hydrogen-bond donors (Lipinski definition) is 2. The molecule has 1 aromatic carbocycles. The molecular formula is C13H20N2O. The molecule has 1 atom stereocenters. The molecule has 0 bridgehead atoms. The molecule has 0 aliphatic carbocycles. The van der Waals surface area contributed by atoms with Gasteiger partial charge in [-0.2, -0.15) is 0 Å². The Hall–Kier alpha value is -1.06. The van der Waals surface area contributed by atoms with Crippen molar-refractivity contribution in [3.8, 4) is 5.75 Å². The lowest BCUT2D eigenvalue weighted by Crippen LogP contribution is -2.56. The lowest BCUT2D eigenvalue weighted by atomic mass is 9.96. The molecule has 0 amide bonds. The van der Waals surface area contributed by atoms with Crippen LogP contribution in [0.3, 0.4) is 0 Å². The highest BCUT2D eigenvalue weighted by atomic mass is 16.5. The van der Waals surface area contributed by atoms with Crippen LogP contribution in [0.1, 0.15) is 25.5 Å². The van der Waals surface area contributed by atoms with Crippen LogP contribution >= 0.6 is 0 Å². The highest BCUT2D eigenvalue weighted by Crippen LogP contribution is 2.21. The van der Waals surface area contributed by atoms with Crippen molar-refractivity contribution in [3.63, 3.8) is 0 Å². The average Bonchev–Trinajstić information content (AvgIpc) is 2.28. The molecule has 0 spiro atoms.